The molecule has 0 radical (unpaired) electrons. The van der Waals surface area contributed by atoms with E-state index in [0.29, 0.717) is 89.8 Å². The van der Waals surface area contributed by atoms with Crippen LogP contribution < -0.4 is 4.74 Å². The van der Waals surface area contributed by atoms with E-state index < -0.39 is 11.7 Å². The van der Waals surface area contributed by atoms with Crippen LogP contribution in [0.2, 0.25) is 0 Å². The van der Waals surface area contributed by atoms with Crippen molar-refractivity contribution < 1.29 is 96.3 Å². The van der Waals surface area contributed by atoms with Crippen LogP contribution in [-0.2, 0) is 98.1 Å². The Bertz CT molecular complexity index is 1110. The molecule has 0 spiro atoms. The van der Waals surface area contributed by atoms with Gasteiger partial charge >= 0.3 is 212 Å². The van der Waals surface area contributed by atoms with Crippen LogP contribution in [0.15, 0.2) is 30.6 Å². The maximum atomic E-state index is 13.3. The summed E-state index contributed by atoms with van der Waals surface area (Å²) >= 11 is 1.21. The van der Waals surface area contributed by atoms with E-state index in [1.807, 2.05) is 19.2 Å². The van der Waals surface area contributed by atoms with Crippen LogP contribution in [0.4, 0.5) is 13.2 Å². The van der Waals surface area contributed by atoms with Crippen molar-refractivity contribution in [2.24, 2.45) is 7.05 Å². The summed E-state index contributed by atoms with van der Waals surface area (Å²) in [4.78, 5) is 15.6. The Labute approximate surface area is 232 Å². The summed E-state index contributed by atoms with van der Waals surface area (Å²) in [5.74, 6) is 1.45. The van der Waals surface area contributed by atoms with E-state index in [2.05, 4.69) is 24.4 Å². The number of likely N-dealkylation sites (tertiary alicyclic amines) is 1. The van der Waals surface area contributed by atoms with E-state index in [9.17, 15) is 13.2 Å². The first-order valence-corrected chi connectivity index (χ1v) is 18.6. The number of aromatic nitrogens is 4. The van der Waals surface area contributed by atoms with E-state index in [0.717, 1.165) is 55.7 Å². The molecule has 4 heterocycles. The van der Waals surface area contributed by atoms with Crippen LogP contribution in [0.5, 0.6) is 5.75 Å². The zero-order chi connectivity index (χ0) is 23.1. The number of alkyl halides is 3. The van der Waals surface area contributed by atoms with Crippen LogP contribution in [-0.4, -0.2) is 35.6 Å². The number of ether oxygens (including phenoxy) is 1. The molecule has 1 aliphatic rings. The molecule has 0 aliphatic carbocycles. The number of aryl methyl sites for hydroxylation is 1. The van der Waals surface area contributed by atoms with Gasteiger partial charge in [0.1, 0.15) is 0 Å². The average Bonchev–Trinajstić information content (AvgIpc) is 3.02. The third kappa shape index (κ3) is 6.03. The number of rotatable bonds is 5. The molecule has 0 bridgehead atoms. The van der Waals surface area contributed by atoms with Crippen LogP contribution in [0.25, 0.3) is 11.2 Å². The number of piperidine rings is 1. The molecule has 3 aromatic heterocycles. The first-order valence-electron chi connectivity index (χ1n) is 10.3. The molecule has 12 heteroatoms. The van der Waals surface area contributed by atoms with Crippen molar-refractivity contribution in [1.82, 2.24) is 24.4 Å². The van der Waals surface area contributed by atoms with Gasteiger partial charge in [-0.25, -0.2) is 4.98 Å². The number of hydrogen-bond acceptors (Lipinski definition) is 5. The average molecular weight is 1000 g/mol. The SMILES string of the molecule is Cn1c(CN2CCC(c3ncc(C(F)(F)F)cc3O[C]([Hg])([Hg])[Hg])CC2)nc2ncccc21. The molecular weight excluding hydrogens is 985 g/mol. The van der Waals surface area contributed by atoms with Crippen molar-refractivity contribution in [1.29, 1.82) is 0 Å². The third-order valence-electron chi connectivity index (χ3n) is 5.62. The Balaban J connectivity index is 1.49. The monoisotopic (exact) mass is 1010 g/mol. The van der Waals surface area contributed by atoms with E-state index >= 15 is 0 Å². The Hall–Kier alpha value is 0.125. The topological polar surface area (TPSA) is 56.1 Å². The van der Waals surface area contributed by atoms with Gasteiger partial charge in [-0.1, -0.05) is 0 Å². The molecule has 1 aliphatic heterocycles. The molecule has 157 valence electrons. The van der Waals surface area contributed by atoms with Gasteiger partial charge in [0.15, 0.2) is 0 Å². The molecular formula is C20H19F3Hg3N5O. The minimum Gasteiger partial charge on any atom is -0.235 e. The fraction of sp³-hybridized carbons (Fsp3) is 0.450. The summed E-state index contributed by atoms with van der Waals surface area (Å²) in [6, 6.07) is 5.10. The second-order valence-corrected chi connectivity index (χ2v) is 68.7. The molecule has 0 saturated carbocycles. The fourth-order valence-electron chi connectivity index (χ4n) is 4.01. The van der Waals surface area contributed by atoms with Gasteiger partial charge in [0, 0.05) is 6.20 Å². The molecule has 4 rings (SSSR count). The molecule has 0 aromatic carbocycles. The number of nitrogens with zero attached hydrogens (tertiary/aromatic N) is 5. The van der Waals surface area contributed by atoms with Gasteiger partial charge in [-0.15, -0.1) is 0 Å². The van der Waals surface area contributed by atoms with Gasteiger partial charge in [-0.05, 0) is 12.1 Å². The predicted molar refractivity (Wildman–Crippen MR) is 98.4 cm³/mol. The van der Waals surface area contributed by atoms with Crippen LogP contribution >= 0.6 is 0 Å². The summed E-state index contributed by atoms with van der Waals surface area (Å²) < 4.78 is 48.0. The third-order valence-corrected chi connectivity index (χ3v) is 7.31. The van der Waals surface area contributed by atoms with Gasteiger partial charge < -0.3 is 0 Å². The summed E-state index contributed by atoms with van der Waals surface area (Å²) in [5.41, 5.74) is 1.74. The number of fused-ring (bicyclic) bond motifs is 1. The molecule has 0 unspecified atom stereocenters. The van der Waals surface area contributed by atoms with E-state index in [-0.39, 0.29) is 4.05 Å². The van der Waals surface area contributed by atoms with Gasteiger partial charge in [-0.3, -0.25) is 0 Å². The van der Waals surface area contributed by atoms with Crippen molar-refractivity contribution in [3.8, 4) is 5.75 Å². The van der Waals surface area contributed by atoms with Crippen LogP contribution in [0.1, 0.15) is 35.8 Å². The molecule has 1 saturated heterocycles. The Kier molecular flexibility index (Phi) is 7.89. The molecule has 0 atom stereocenters. The number of halogens is 3. The quantitative estimate of drug-likeness (QED) is 0.368. The predicted octanol–water partition coefficient (Wildman–Crippen LogP) is 3.39. The zero-order valence-corrected chi connectivity index (χ0v) is 34.4. The number of hydrogen-bond donors (Lipinski definition) is 0. The van der Waals surface area contributed by atoms with Crippen molar-refractivity contribution in [2.45, 2.75) is 29.6 Å². The zero-order valence-electron chi connectivity index (χ0n) is 17.9. The molecule has 1 fully saturated rings. The van der Waals surface area contributed by atoms with Crippen LogP contribution in [0, 0.1) is 0 Å². The second-order valence-electron chi connectivity index (χ2n) is 8.37. The second kappa shape index (κ2) is 10.0. The number of pyridine rings is 2. The normalized spacial score (nSPS) is 16.7. The van der Waals surface area contributed by atoms with Gasteiger partial charge in [0.2, 0.25) is 0 Å². The summed E-state index contributed by atoms with van der Waals surface area (Å²) in [7, 11) is 2.00. The Morgan fingerprint density at radius 3 is 2.50 bits per heavy atom. The van der Waals surface area contributed by atoms with Crippen LogP contribution in [0.3, 0.4) is 0 Å². The summed E-state index contributed by atoms with van der Waals surface area (Å²) in [6.07, 6.45) is -0.0114. The molecule has 3 aromatic rings. The van der Waals surface area contributed by atoms with E-state index in [1.165, 1.54) is 6.07 Å². The summed E-state index contributed by atoms with van der Waals surface area (Å²) in [5, 5.41) is 0. The first kappa shape index (κ1) is 25.2. The Morgan fingerprint density at radius 1 is 1.16 bits per heavy atom. The van der Waals surface area contributed by atoms with Crippen molar-refractivity contribution >= 4 is 11.2 Å². The fourth-order valence-corrected chi connectivity index (χ4v) is 5.82. The van der Waals surface area contributed by atoms with Crippen molar-refractivity contribution in [2.75, 3.05) is 13.1 Å². The van der Waals surface area contributed by atoms with Crippen molar-refractivity contribution in [3.63, 3.8) is 0 Å². The van der Waals surface area contributed by atoms with Gasteiger partial charge in [-0.2, -0.15) is 0 Å². The Morgan fingerprint density at radius 2 is 1.88 bits per heavy atom. The smallest absolute Gasteiger partial charge is 0.235 e. The summed E-state index contributed by atoms with van der Waals surface area (Å²) in [6.45, 7) is 2.41. The minimum absolute atomic E-state index is 0.0321. The molecule has 32 heavy (non-hydrogen) atoms. The molecule has 0 N–H and O–H groups in total. The van der Waals surface area contributed by atoms with E-state index in [4.69, 9.17) is 4.74 Å². The van der Waals surface area contributed by atoms with Gasteiger partial charge in [0.05, 0.1) is 0 Å². The standard InChI is InChI=1S/C20H19F3N5O.3Hg/c1-27-15-4-3-7-24-19(15)26-17(27)12-28-8-5-13(6-9-28)18-16(29-2)10-14(11-25-18)20(21,22)23;;;/h3-4,7,10-11,13H,5-6,8-9,12H2,1H3;;;. The van der Waals surface area contributed by atoms with Crippen molar-refractivity contribution in [3.05, 3.63) is 47.7 Å². The molecule has 6 nitrogen and oxygen atoms in total. The first-order chi connectivity index (χ1) is 15.0. The number of imidazole rings is 1. The van der Waals surface area contributed by atoms with E-state index in [1.54, 1.807) is 6.20 Å². The molecule has 0 amide bonds. The van der Waals surface area contributed by atoms with Gasteiger partial charge in [0.25, 0.3) is 0 Å². The maximum absolute atomic E-state index is 13.3. The minimum atomic E-state index is -4.41.